The number of pyridine rings is 1. The minimum Gasteiger partial charge on any atom is -0.354 e. The number of anilines is 1. The van der Waals surface area contributed by atoms with Crippen LogP contribution >= 0.6 is 0 Å². The molecule has 3 heterocycles. The molecule has 2 aliphatic rings. The van der Waals surface area contributed by atoms with Crippen molar-refractivity contribution in [3.63, 3.8) is 0 Å². The Kier molecular flexibility index (Phi) is 10.9. The normalized spacial score (nSPS) is 19.6. The van der Waals surface area contributed by atoms with E-state index in [1.54, 1.807) is 6.07 Å². The van der Waals surface area contributed by atoms with Gasteiger partial charge in [-0.3, -0.25) is 9.80 Å². The average Bonchev–Trinajstić information content (AvgIpc) is 2.90. The van der Waals surface area contributed by atoms with Gasteiger partial charge in [-0.25, -0.2) is 9.37 Å². The third-order valence-corrected chi connectivity index (χ3v) is 7.59. The summed E-state index contributed by atoms with van der Waals surface area (Å²) in [5.74, 6) is 1.04. The van der Waals surface area contributed by atoms with E-state index < -0.39 is 0 Å². The molecule has 2 aliphatic heterocycles. The van der Waals surface area contributed by atoms with E-state index in [1.807, 2.05) is 38.4 Å². The van der Waals surface area contributed by atoms with Crippen molar-refractivity contribution in [2.75, 3.05) is 51.2 Å². The summed E-state index contributed by atoms with van der Waals surface area (Å²) >= 11 is 0. The lowest BCUT2D eigenvalue weighted by Crippen LogP contribution is -2.58. The van der Waals surface area contributed by atoms with E-state index in [0.29, 0.717) is 12.1 Å². The highest BCUT2D eigenvalue weighted by molar-refractivity contribution is 5.54. The third kappa shape index (κ3) is 7.37. The van der Waals surface area contributed by atoms with Crippen LogP contribution in [0.1, 0.15) is 55.4 Å². The highest BCUT2D eigenvalue weighted by Crippen LogP contribution is 2.28. The molecule has 0 bridgehead atoms. The largest absolute Gasteiger partial charge is 0.354 e. The summed E-state index contributed by atoms with van der Waals surface area (Å²) in [6, 6.07) is 8.96. The molecule has 0 saturated carbocycles. The molecular formula is C30H46FN5. The molecule has 198 valence electrons. The zero-order chi connectivity index (χ0) is 26.1. The summed E-state index contributed by atoms with van der Waals surface area (Å²) in [6.45, 7) is 19.3. The van der Waals surface area contributed by atoms with Crippen LogP contribution in [0.15, 0.2) is 37.0 Å². The maximum absolute atomic E-state index is 14.3. The van der Waals surface area contributed by atoms with Crippen molar-refractivity contribution >= 4 is 11.9 Å². The van der Waals surface area contributed by atoms with Crippen LogP contribution in [0, 0.1) is 19.7 Å². The van der Waals surface area contributed by atoms with Crippen molar-refractivity contribution in [3.05, 3.63) is 65.1 Å². The van der Waals surface area contributed by atoms with Gasteiger partial charge in [0.25, 0.3) is 0 Å². The van der Waals surface area contributed by atoms with Crippen LogP contribution in [0.2, 0.25) is 0 Å². The van der Waals surface area contributed by atoms with Gasteiger partial charge in [-0.15, -0.1) is 0 Å². The number of aromatic nitrogens is 1. The maximum atomic E-state index is 14.3. The Bertz CT molecular complexity index is 968. The van der Waals surface area contributed by atoms with Crippen LogP contribution < -0.4 is 10.2 Å². The van der Waals surface area contributed by atoms with Gasteiger partial charge in [0, 0.05) is 50.0 Å². The molecule has 1 unspecified atom stereocenters. The fraction of sp³-hybridized carbons (Fsp3) is 0.567. The molecule has 2 fully saturated rings. The van der Waals surface area contributed by atoms with Gasteiger partial charge in [0.1, 0.15) is 11.6 Å². The molecule has 0 spiro atoms. The molecule has 5 nitrogen and oxygen atoms in total. The molecule has 2 aromatic rings. The van der Waals surface area contributed by atoms with Gasteiger partial charge in [-0.2, -0.15) is 0 Å². The highest BCUT2D eigenvalue weighted by Gasteiger charge is 2.33. The van der Waals surface area contributed by atoms with Gasteiger partial charge in [-0.05, 0) is 88.6 Å². The minimum absolute atomic E-state index is 0.0701. The molecule has 1 aromatic carbocycles. The first-order valence-corrected chi connectivity index (χ1v) is 13.6. The molecule has 36 heavy (non-hydrogen) atoms. The summed E-state index contributed by atoms with van der Waals surface area (Å²) in [6.07, 6.45) is 7.26. The van der Waals surface area contributed by atoms with Crippen molar-refractivity contribution in [3.8, 4) is 0 Å². The van der Waals surface area contributed by atoms with Crippen LogP contribution in [0.5, 0.6) is 0 Å². The van der Waals surface area contributed by atoms with Crippen LogP contribution in [0.25, 0.3) is 6.08 Å². The monoisotopic (exact) mass is 495 g/mol. The Balaban J connectivity index is 0.000000840. The van der Waals surface area contributed by atoms with Crippen molar-refractivity contribution in [1.82, 2.24) is 20.1 Å². The Labute approximate surface area is 218 Å². The Morgan fingerprint density at radius 2 is 1.83 bits per heavy atom. The van der Waals surface area contributed by atoms with Crippen LogP contribution in [0.3, 0.4) is 0 Å². The van der Waals surface area contributed by atoms with Gasteiger partial charge < -0.3 is 10.2 Å². The van der Waals surface area contributed by atoms with Crippen LogP contribution in [-0.2, 0) is 6.54 Å². The summed E-state index contributed by atoms with van der Waals surface area (Å²) in [5.41, 5.74) is 4.10. The first-order chi connectivity index (χ1) is 17.4. The first-order valence-electron chi connectivity index (χ1n) is 13.6. The van der Waals surface area contributed by atoms with E-state index in [9.17, 15) is 4.39 Å². The van der Waals surface area contributed by atoms with Crippen molar-refractivity contribution in [1.29, 1.82) is 0 Å². The number of hydrogen-bond donors (Lipinski definition) is 1. The van der Waals surface area contributed by atoms with Gasteiger partial charge >= 0.3 is 0 Å². The molecule has 1 atom stereocenters. The zero-order valence-electron chi connectivity index (χ0n) is 23.1. The molecule has 6 heteroatoms. The van der Waals surface area contributed by atoms with Gasteiger partial charge in [-0.1, -0.05) is 38.6 Å². The molecule has 0 amide bonds. The fourth-order valence-electron chi connectivity index (χ4n) is 5.37. The summed E-state index contributed by atoms with van der Waals surface area (Å²) in [7, 11) is 1.93. The SMILES string of the molecule is C=Cc1cnc(N2CCN(C3CCN(Cc4ccc(C)cc4F)CC3)C(CC)C2)c(C)c1.CCNC. The number of halogens is 1. The third-order valence-electron chi connectivity index (χ3n) is 7.59. The van der Waals surface area contributed by atoms with Gasteiger partial charge in [0.2, 0.25) is 0 Å². The number of rotatable bonds is 7. The fourth-order valence-corrected chi connectivity index (χ4v) is 5.37. The number of benzene rings is 1. The van der Waals surface area contributed by atoms with Crippen LogP contribution in [0.4, 0.5) is 10.2 Å². The number of nitrogens with one attached hydrogen (secondary N) is 1. The molecule has 4 rings (SSSR count). The second-order valence-corrected chi connectivity index (χ2v) is 10.2. The summed E-state index contributed by atoms with van der Waals surface area (Å²) in [4.78, 5) is 12.4. The minimum atomic E-state index is -0.0701. The Morgan fingerprint density at radius 1 is 1.11 bits per heavy atom. The molecule has 2 saturated heterocycles. The lowest BCUT2D eigenvalue weighted by molar-refractivity contribution is 0.0607. The molecular weight excluding hydrogens is 449 g/mol. The average molecular weight is 496 g/mol. The van der Waals surface area contributed by atoms with Crippen LogP contribution in [-0.4, -0.2) is 73.2 Å². The topological polar surface area (TPSA) is 34.6 Å². The molecule has 0 aliphatic carbocycles. The van der Waals surface area contributed by atoms with Crippen molar-refractivity contribution in [2.45, 2.75) is 65.6 Å². The lowest BCUT2D eigenvalue weighted by atomic mass is 9.97. The highest BCUT2D eigenvalue weighted by atomic mass is 19.1. The number of nitrogens with zero attached hydrogens (tertiary/aromatic N) is 4. The Morgan fingerprint density at radius 3 is 2.42 bits per heavy atom. The zero-order valence-corrected chi connectivity index (χ0v) is 23.1. The Hall–Kier alpha value is -2.28. The summed E-state index contributed by atoms with van der Waals surface area (Å²) in [5, 5.41) is 2.93. The maximum Gasteiger partial charge on any atom is 0.131 e. The number of hydrogen-bond acceptors (Lipinski definition) is 5. The number of piperazine rings is 1. The predicted molar refractivity (Wildman–Crippen MR) is 151 cm³/mol. The lowest BCUT2D eigenvalue weighted by Gasteiger charge is -2.48. The van der Waals surface area contributed by atoms with Crippen molar-refractivity contribution < 1.29 is 4.39 Å². The van der Waals surface area contributed by atoms with E-state index in [0.717, 1.165) is 87.6 Å². The van der Waals surface area contributed by atoms with E-state index in [4.69, 9.17) is 4.98 Å². The number of aryl methyl sites for hydroxylation is 2. The van der Waals surface area contributed by atoms with Crippen molar-refractivity contribution in [2.24, 2.45) is 0 Å². The van der Waals surface area contributed by atoms with E-state index >= 15 is 0 Å². The second kappa shape index (κ2) is 13.9. The summed E-state index contributed by atoms with van der Waals surface area (Å²) < 4.78 is 14.3. The number of likely N-dealkylation sites (tertiary alicyclic amines) is 1. The van der Waals surface area contributed by atoms with E-state index in [1.165, 1.54) is 5.56 Å². The van der Waals surface area contributed by atoms with E-state index in [-0.39, 0.29) is 5.82 Å². The molecule has 0 radical (unpaired) electrons. The molecule has 1 aromatic heterocycles. The standard InChI is InChI=1S/C27H37FN4.C3H9N/c1-5-22-16-21(4)27(29-17-22)31-13-14-32(24(6-2)19-31)25-9-11-30(12-10-25)18-23-8-7-20(3)15-26(23)28;1-3-4-2/h5,7-8,15-17,24-25H,1,6,9-14,18-19H2,2-4H3;4H,3H2,1-2H3. The molecule has 1 N–H and O–H groups in total. The predicted octanol–water partition coefficient (Wildman–Crippen LogP) is 5.27. The number of piperidine rings is 1. The van der Waals surface area contributed by atoms with E-state index in [2.05, 4.69) is 53.4 Å². The first kappa shape index (κ1) is 28.3. The second-order valence-electron chi connectivity index (χ2n) is 10.2. The quantitative estimate of drug-likeness (QED) is 0.566. The smallest absolute Gasteiger partial charge is 0.131 e. The van der Waals surface area contributed by atoms with Gasteiger partial charge in [0.15, 0.2) is 0 Å². The van der Waals surface area contributed by atoms with Gasteiger partial charge in [0.05, 0.1) is 0 Å².